The number of halogens is 2. The van der Waals surface area contributed by atoms with E-state index in [0.29, 0.717) is 28.5 Å². The van der Waals surface area contributed by atoms with Crippen molar-refractivity contribution in [2.45, 2.75) is 56.4 Å². The van der Waals surface area contributed by atoms with Crippen LogP contribution in [-0.4, -0.2) is 35.5 Å². The maximum absolute atomic E-state index is 12.5. The number of piperidine rings is 1. The Kier molecular flexibility index (Phi) is 7.74. The van der Waals surface area contributed by atoms with E-state index in [2.05, 4.69) is 10.2 Å². The number of carbonyl (C=O) groups excluding carboxylic acids is 1. The highest BCUT2D eigenvalue weighted by Gasteiger charge is 2.41. The van der Waals surface area contributed by atoms with Gasteiger partial charge in [-0.2, -0.15) is 0 Å². The molecule has 1 unspecified atom stereocenters. The van der Waals surface area contributed by atoms with E-state index in [4.69, 9.17) is 27.9 Å². The summed E-state index contributed by atoms with van der Waals surface area (Å²) in [6.45, 7) is 0.790. The molecule has 2 aliphatic rings. The minimum Gasteiger partial charge on any atom is -0.365 e. The van der Waals surface area contributed by atoms with Gasteiger partial charge in [-0.05, 0) is 73.2 Å². The number of hydrogen-bond donors (Lipinski definition) is 1. The summed E-state index contributed by atoms with van der Waals surface area (Å²) in [5, 5.41) is 4.43. The van der Waals surface area contributed by atoms with Crippen LogP contribution in [-0.2, 0) is 9.53 Å². The lowest BCUT2D eigenvalue weighted by Crippen LogP contribution is -2.46. The molecule has 0 spiro atoms. The molecule has 182 valence electrons. The Hall–Kier alpha value is -2.37. The van der Waals surface area contributed by atoms with Crippen LogP contribution in [0.1, 0.15) is 49.3 Å². The van der Waals surface area contributed by atoms with Crippen LogP contribution in [0.15, 0.2) is 78.9 Å². The third kappa shape index (κ3) is 6.07. The Morgan fingerprint density at radius 1 is 0.857 bits per heavy atom. The molecule has 35 heavy (non-hydrogen) atoms. The van der Waals surface area contributed by atoms with Gasteiger partial charge in [0.15, 0.2) is 0 Å². The highest BCUT2D eigenvalue weighted by molar-refractivity contribution is 6.30. The minimum absolute atomic E-state index is 0.0690. The van der Waals surface area contributed by atoms with Crippen molar-refractivity contribution in [2.24, 2.45) is 0 Å². The molecule has 3 atom stereocenters. The first kappa shape index (κ1) is 24.3. The molecule has 0 saturated carbocycles. The molecule has 3 aromatic carbocycles. The Morgan fingerprint density at radius 3 is 1.94 bits per heavy atom. The summed E-state index contributed by atoms with van der Waals surface area (Å²) in [4.78, 5) is 15.0. The lowest BCUT2D eigenvalue weighted by molar-refractivity contribution is -0.117. The molecule has 0 aromatic heterocycles. The van der Waals surface area contributed by atoms with Crippen LogP contribution in [0.2, 0.25) is 10.0 Å². The predicted molar refractivity (Wildman–Crippen MR) is 142 cm³/mol. The van der Waals surface area contributed by atoms with Crippen molar-refractivity contribution < 1.29 is 9.53 Å². The molecule has 2 heterocycles. The highest BCUT2D eigenvalue weighted by Crippen LogP contribution is 2.40. The highest BCUT2D eigenvalue weighted by atomic mass is 35.5. The van der Waals surface area contributed by atoms with Crippen molar-refractivity contribution in [2.75, 3.05) is 11.9 Å². The molecule has 2 aliphatic heterocycles. The van der Waals surface area contributed by atoms with Gasteiger partial charge in [-0.1, -0.05) is 65.7 Å². The zero-order valence-electron chi connectivity index (χ0n) is 19.6. The molecular formula is C29H30Cl2N2O2. The van der Waals surface area contributed by atoms with Gasteiger partial charge in [-0.3, -0.25) is 9.69 Å². The van der Waals surface area contributed by atoms with Crippen LogP contribution >= 0.6 is 23.2 Å². The van der Waals surface area contributed by atoms with Crippen molar-refractivity contribution in [1.82, 2.24) is 4.90 Å². The quantitative estimate of drug-likeness (QED) is 0.352. The largest absolute Gasteiger partial charge is 0.365 e. The summed E-state index contributed by atoms with van der Waals surface area (Å²) >= 11 is 12.3. The van der Waals surface area contributed by atoms with E-state index in [1.54, 1.807) is 0 Å². The first-order valence-electron chi connectivity index (χ1n) is 12.3. The van der Waals surface area contributed by atoms with E-state index in [1.165, 1.54) is 0 Å². The van der Waals surface area contributed by atoms with Gasteiger partial charge in [-0.15, -0.1) is 0 Å². The van der Waals surface area contributed by atoms with Crippen LogP contribution in [0.4, 0.5) is 5.69 Å². The van der Waals surface area contributed by atoms with Crippen molar-refractivity contribution in [3.63, 3.8) is 0 Å². The fourth-order valence-electron chi connectivity index (χ4n) is 5.49. The summed E-state index contributed by atoms with van der Waals surface area (Å²) in [5.74, 6) is 0.0690. The van der Waals surface area contributed by atoms with Gasteiger partial charge in [0.25, 0.3) is 0 Å². The molecule has 1 amide bonds. The standard InChI is InChI=1S/C29H30Cl2N2O2/c30-22-10-6-20(7-11-22)29(21-8-12-23(31)13-9-21)35-27-18-25-14-15-26(19-27)33(25)17-16-28(34)32-24-4-2-1-3-5-24/h1-13,25-27,29H,14-19H2,(H,32,34)/t25-,26+,27?. The average Bonchev–Trinajstić information content (AvgIpc) is 3.10. The van der Waals surface area contributed by atoms with Gasteiger partial charge < -0.3 is 10.1 Å². The van der Waals surface area contributed by atoms with E-state index in [1.807, 2.05) is 78.9 Å². The molecule has 0 radical (unpaired) electrons. The number of nitrogens with one attached hydrogen (secondary N) is 1. The number of para-hydroxylation sites is 1. The number of fused-ring (bicyclic) bond motifs is 2. The van der Waals surface area contributed by atoms with Gasteiger partial charge in [-0.25, -0.2) is 0 Å². The van der Waals surface area contributed by atoms with Gasteiger partial charge in [0.2, 0.25) is 5.91 Å². The number of rotatable bonds is 8. The number of nitrogens with zero attached hydrogens (tertiary/aromatic N) is 1. The fourth-order valence-corrected chi connectivity index (χ4v) is 5.75. The van der Waals surface area contributed by atoms with E-state index in [0.717, 1.165) is 49.0 Å². The molecule has 5 rings (SSSR count). The van der Waals surface area contributed by atoms with Crippen molar-refractivity contribution in [1.29, 1.82) is 0 Å². The number of hydrogen-bond acceptors (Lipinski definition) is 3. The van der Waals surface area contributed by atoms with Crippen LogP contribution in [0.25, 0.3) is 0 Å². The van der Waals surface area contributed by atoms with Crippen LogP contribution in [0, 0.1) is 0 Å². The molecule has 2 saturated heterocycles. The number of carbonyl (C=O) groups is 1. The molecule has 1 N–H and O–H groups in total. The van der Waals surface area contributed by atoms with Crippen LogP contribution in [0.3, 0.4) is 0 Å². The maximum Gasteiger partial charge on any atom is 0.225 e. The van der Waals surface area contributed by atoms with Gasteiger partial charge in [0.05, 0.1) is 6.10 Å². The second kappa shape index (κ2) is 11.1. The second-order valence-electron chi connectivity index (χ2n) is 9.50. The van der Waals surface area contributed by atoms with E-state index < -0.39 is 0 Å². The molecule has 2 fully saturated rings. The summed E-state index contributed by atoms with van der Waals surface area (Å²) in [5.41, 5.74) is 3.02. The number of anilines is 1. The van der Waals surface area contributed by atoms with Gasteiger partial charge in [0.1, 0.15) is 6.10 Å². The van der Waals surface area contributed by atoms with Gasteiger partial charge in [0, 0.05) is 40.8 Å². The molecule has 3 aromatic rings. The van der Waals surface area contributed by atoms with Gasteiger partial charge >= 0.3 is 0 Å². The number of ether oxygens (including phenoxy) is 1. The zero-order chi connectivity index (χ0) is 24.2. The minimum atomic E-state index is -0.169. The van der Waals surface area contributed by atoms with E-state index >= 15 is 0 Å². The maximum atomic E-state index is 12.5. The number of benzene rings is 3. The Bertz CT molecular complexity index is 1060. The Morgan fingerprint density at radius 2 is 1.40 bits per heavy atom. The van der Waals surface area contributed by atoms with E-state index in [9.17, 15) is 4.79 Å². The number of amides is 1. The van der Waals surface area contributed by atoms with Crippen molar-refractivity contribution in [3.05, 3.63) is 100 Å². The Labute approximate surface area is 217 Å². The first-order chi connectivity index (χ1) is 17.0. The van der Waals surface area contributed by atoms with Crippen molar-refractivity contribution in [3.8, 4) is 0 Å². The van der Waals surface area contributed by atoms with Crippen LogP contribution in [0.5, 0.6) is 0 Å². The fraction of sp³-hybridized carbons (Fsp3) is 0.345. The van der Waals surface area contributed by atoms with Crippen LogP contribution < -0.4 is 5.32 Å². The molecule has 4 nitrogen and oxygen atoms in total. The summed E-state index contributed by atoms with van der Waals surface area (Å²) in [7, 11) is 0. The third-order valence-electron chi connectivity index (χ3n) is 7.17. The normalized spacial score (nSPS) is 21.9. The monoisotopic (exact) mass is 508 g/mol. The molecule has 6 heteroatoms. The smallest absolute Gasteiger partial charge is 0.225 e. The summed E-state index contributed by atoms with van der Waals surface area (Å²) in [6, 6.07) is 26.4. The predicted octanol–water partition coefficient (Wildman–Crippen LogP) is 7.12. The van der Waals surface area contributed by atoms with E-state index in [-0.39, 0.29) is 18.1 Å². The lowest BCUT2D eigenvalue weighted by Gasteiger charge is -2.40. The zero-order valence-corrected chi connectivity index (χ0v) is 21.1. The average molecular weight is 509 g/mol. The summed E-state index contributed by atoms with van der Waals surface area (Å²) < 4.78 is 6.78. The molecule has 2 bridgehead atoms. The summed E-state index contributed by atoms with van der Waals surface area (Å²) in [6.07, 6.45) is 4.79. The molecular weight excluding hydrogens is 479 g/mol. The Balaban J connectivity index is 1.22. The lowest BCUT2D eigenvalue weighted by atomic mass is 9.97. The SMILES string of the molecule is O=C(CCN1[C@@H]2CC[C@H]1CC(OC(c1ccc(Cl)cc1)c1ccc(Cl)cc1)C2)Nc1ccccc1. The molecule has 0 aliphatic carbocycles. The van der Waals surface area contributed by atoms with Crippen molar-refractivity contribution >= 4 is 34.8 Å². The topological polar surface area (TPSA) is 41.6 Å². The third-order valence-corrected chi connectivity index (χ3v) is 7.67. The second-order valence-corrected chi connectivity index (χ2v) is 10.4. The first-order valence-corrected chi connectivity index (χ1v) is 13.1.